The highest BCUT2D eigenvalue weighted by Crippen LogP contribution is 2.29. The molecule has 1 atom stereocenters. The molecule has 2 amide bonds. The second kappa shape index (κ2) is 6.63. The minimum Gasteiger partial charge on any atom is -0.440 e. The molecule has 28 heavy (non-hydrogen) atoms. The van der Waals surface area contributed by atoms with Gasteiger partial charge in [-0.05, 0) is 44.0 Å². The number of para-hydroxylation sites is 2. The lowest BCUT2D eigenvalue weighted by molar-refractivity contribution is 0.187. The quantitative estimate of drug-likeness (QED) is 0.577. The van der Waals surface area contributed by atoms with Crippen LogP contribution in [0.15, 0.2) is 47.0 Å². The SMILES string of the molecule is Cc1nc2c(NC(=O)N3CCC[C@@H](c4nc5ccccc5o4)C3)cccn2n1. The van der Waals surface area contributed by atoms with Gasteiger partial charge in [0.1, 0.15) is 11.3 Å². The molecule has 1 aliphatic heterocycles. The molecule has 4 heterocycles. The molecule has 0 bridgehead atoms. The number of amides is 2. The minimum absolute atomic E-state index is 0.0954. The average molecular weight is 376 g/mol. The smallest absolute Gasteiger partial charge is 0.321 e. The van der Waals surface area contributed by atoms with Crippen LogP contribution in [0, 0.1) is 6.92 Å². The summed E-state index contributed by atoms with van der Waals surface area (Å²) in [6, 6.07) is 11.3. The van der Waals surface area contributed by atoms with Crippen LogP contribution < -0.4 is 5.32 Å². The number of pyridine rings is 1. The van der Waals surface area contributed by atoms with E-state index in [1.165, 1.54) is 0 Å². The first-order valence-corrected chi connectivity index (χ1v) is 9.41. The van der Waals surface area contributed by atoms with Crippen LogP contribution in [0.1, 0.15) is 30.5 Å². The molecule has 1 fully saturated rings. The zero-order valence-electron chi connectivity index (χ0n) is 15.5. The molecular weight excluding hydrogens is 356 g/mol. The maximum atomic E-state index is 12.9. The topological polar surface area (TPSA) is 88.6 Å². The van der Waals surface area contributed by atoms with Crippen LogP contribution in [0.25, 0.3) is 16.7 Å². The van der Waals surface area contributed by atoms with Gasteiger partial charge in [-0.15, -0.1) is 0 Å². The fraction of sp³-hybridized carbons (Fsp3) is 0.300. The second-order valence-corrected chi connectivity index (χ2v) is 7.08. The third-order valence-electron chi connectivity index (χ3n) is 5.08. The molecule has 8 heteroatoms. The van der Waals surface area contributed by atoms with Crippen LogP contribution in [-0.2, 0) is 0 Å². The summed E-state index contributed by atoms with van der Waals surface area (Å²) in [5, 5.41) is 7.27. The van der Waals surface area contributed by atoms with Crippen LogP contribution in [0.5, 0.6) is 0 Å². The van der Waals surface area contributed by atoms with Gasteiger partial charge in [-0.3, -0.25) is 0 Å². The van der Waals surface area contributed by atoms with Crippen LogP contribution in [-0.4, -0.2) is 43.6 Å². The molecule has 5 rings (SSSR count). The molecule has 1 N–H and O–H groups in total. The number of oxazole rings is 1. The molecule has 1 saturated heterocycles. The Kier molecular flexibility index (Phi) is 3.96. The number of nitrogens with one attached hydrogen (secondary N) is 1. The maximum Gasteiger partial charge on any atom is 0.321 e. The van der Waals surface area contributed by atoms with Gasteiger partial charge in [-0.2, -0.15) is 5.10 Å². The number of aryl methyl sites for hydroxylation is 1. The Morgan fingerprint density at radius 1 is 1.21 bits per heavy atom. The van der Waals surface area contributed by atoms with Crippen molar-refractivity contribution in [2.24, 2.45) is 0 Å². The third kappa shape index (κ3) is 2.96. The molecule has 4 aromatic rings. The van der Waals surface area contributed by atoms with Gasteiger partial charge in [0.05, 0.1) is 11.6 Å². The number of rotatable bonds is 2. The molecule has 8 nitrogen and oxygen atoms in total. The first-order chi connectivity index (χ1) is 13.7. The van der Waals surface area contributed by atoms with Crippen molar-refractivity contribution in [3.05, 3.63) is 54.3 Å². The van der Waals surface area contributed by atoms with Gasteiger partial charge in [0.25, 0.3) is 0 Å². The van der Waals surface area contributed by atoms with E-state index in [2.05, 4.69) is 20.4 Å². The lowest BCUT2D eigenvalue weighted by Crippen LogP contribution is -2.41. The number of hydrogen-bond donors (Lipinski definition) is 1. The molecular formula is C20H20N6O2. The second-order valence-electron chi connectivity index (χ2n) is 7.08. The monoisotopic (exact) mass is 376 g/mol. The number of anilines is 1. The van der Waals surface area contributed by atoms with Gasteiger partial charge in [-0.25, -0.2) is 19.3 Å². The van der Waals surface area contributed by atoms with Gasteiger partial charge < -0.3 is 14.6 Å². The highest BCUT2D eigenvalue weighted by molar-refractivity contribution is 5.93. The average Bonchev–Trinajstić information content (AvgIpc) is 3.31. The van der Waals surface area contributed by atoms with Gasteiger partial charge in [0.15, 0.2) is 17.1 Å². The molecule has 0 spiro atoms. The van der Waals surface area contributed by atoms with E-state index in [0.717, 1.165) is 23.9 Å². The largest absolute Gasteiger partial charge is 0.440 e. The van der Waals surface area contributed by atoms with Crippen molar-refractivity contribution in [2.75, 3.05) is 18.4 Å². The molecule has 142 valence electrons. The zero-order valence-corrected chi connectivity index (χ0v) is 15.5. The Labute approximate surface area is 161 Å². The standard InChI is InChI=1S/C20H20N6O2/c1-13-21-18-16(8-5-11-26(18)24-13)23-20(27)25-10-4-6-14(12-25)19-22-15-7-2-3-9-17(15)28-19/h2-3,5,7-9,11,14H,4,6,10,12H2,1H3,(H,23,27)/t14-/m1/s1. The van der Waals surface area contributed by atoms with Gasteiger partial charge in [-0.1, -0.05) is 12.1 Å². The van der Waals surface area contributed by atoms with E-state index in [-0.39, 0.29) is 11.9 Å². The van der Waals surface area contributed by atoms with Gasteiger partial charge in [0.2, 0.25) is 0 Å². The summed E-state index contributed by atoms with van der Waals surface area (Å²) in [5.74, 6) is 1.46. The summed E-state index contributed by atoms with van der Waals surface area (Å²) >= 11 is 0. The predicted molar refractivity (Wildman–Crippen MR) is 104 cm³/mol. The lowest BCUT2D eigenvalue weighted by Gasteiger charge is -2.31. The number of carbonyl (C=O) groups excluding carboxylic acids is 1. The van der Waals surface area contributed by atoms with E-state index < -0.39 is 0 Å². The molecule has 0 radical (unpaired) electrons. The van der Waals surface area contributed by atoms with Crippen molar-refractivity contribution in [2.45, 2.75) is 25.7 Å². The number of carbonyl (C=O) groups is 1. The number of aromatic nitrogens is 4. The van der Waals surface area contributed by atoms with Crippen LogP contribution in [0.3, 0.4) is 0 Å². The maximum absolute atomic E-state index is 12.9. The van der Waals surface area contributed by atoms with Crippen LogP contribution in [0.4, 0.5) is 10.5 Å². The van der Waals surface area contributed by atoms with E-state index in [1.807, 2.05) is 54.4 Å². The lowest BCUT2D eigenvalue weighted by atomic mass is 9.98. The zero-order chi connectivity index (χ0) is 19.1. The van der Waals surface area contributed by atoms with Gasteiger partial charge >= 0.3 is 6.03 Å². The van der Waals surface area contributed by atoms with E-state index in [0.29, 0.717) is 36.1 Å². The van der Waals surface area contributed by atoms with Crippen molar-refractivity contribution in [1.82, 2.24) is 24.5 Å². The fourth-order valence-electron chi connectivity index (χ4n) is 3.73. The number of likely N-dealkylation sites (tertiary alicyclic amines) is 1. The first-order valence-electron chi connectivity index (χ1n) is 9.41. The number of hydrogen-bond acceptors (Lipinski definition) is 5. The fourth-order valence-corrected chi connectivity index (χ4v) is 3.73. The predicted octanol–water partition coefficient (Wildman–Crippen LogP) is 3.59. The number of nitrogens with zero attached hydrogens (tertiary/aromatic N) is 5. The van der Waals surface area contributed by atoms with E-state index in [9.17, 15) is 4.79 Å². The van der Waals surface area contributed by atoms with Crippen LogP contribution in [0.2, 0.25) is 0 Å². The summed E-state index contributed by atoms with van der Waals surface area (Å²) in [4.78, 5) is 23.7. The summed E-state index contributed by atoms with van der Waals surface area (Å²) in [5.41, 5.74) is 2.93. The summed E-state index contributed by atoms with van der Waals surface area (Å²) in [7, 11) is 0. The molecule has 1 aliphatic rings. The summed E-state index contributed by atoms with van der Waals surface area (Å²) in [6.45, 7) is 3.11. The van der Waals surface area contributed by atoms with Crippen molar-refractivity contribution in [1.29, 1.82) is 0 Å². The summed E-state index contributed by atoms with van der Waals surface area (Å²) < 4.78 is 7.59. The molecule has 0 aliphatic carbocycles. The highest BCUT2D eigenvalue weighted by atomic mass is 16.3. The van der Waals surface area contributed by atoms with E-state index in [4.69, 9.17) is 4.42 Å². The number of urea groups is 1. The number of benzene rings is 1. The Bertz CT molecular complexity index is 1130. The van der Waals surface area contributed by atoms with Crippen molar-refractivity contribution in [3.8, 4) is 0 Å². The Morgan fingerprint density at radius 2 is 2.11 bits per heavy atom. The molecule has 3 aromatic heterocycles. The van der Waals surface area contributed by atoms with Crippen molar-refractivity contribution in [3.63, 3.8) is 0 Å². The van der Waals surface area contributed by atoms with Crippen LogP contribution >= 0.6 is 0 Å². The van der Waals surface area contributed by atoms with Gasteiger partial charge in [0, 0.05) is 19.3 Å². The summed E-state index contributed by atoms with van der Waals surface area (Å²) in [6.07, 6.45) is 3.68. The first kappa shape index (κ1) is 16.7. The Hall–Kier alpha value is -3.42. The van der Waals surface area contributed by atoms with E-state index in [1.54, 1.807) is 4.52 Å². The molecule has 0 saturated carbocycles. The Balaban J connectivity index is 1.34. The highest BCUT2D eigenvalue weighted by Gasteiger charge is 2.28. The minimum atomic E-state index is -0.144. The van der Waals surface area contributed by atoms with Crippen molar-refractivity contribution < 1.29 is 9.21 Å². The number of piperidine rings is 1. The molecule has 1 aromatic carbocycles. The number of fused-ring (bicyclic) bond motifs is 2. The van der Waals surface area contributed by atoms with E-state index >= 15 is 0 Å². The Morgan fingerprint density at radius 3 is 3.00 bits per heavy atom. The normalized spacial score (nSPS) is 17.3. The van der Waals surface area contributed by atoms with Crippen molar-refractivity contribution >= 4 is 28.5 Å². The third-order valence-corrected chi connectivity index (χ3v) is 5.08. The molecule has 0 unspecified atom stereocenters.